The maximum absolute atomic E-state index is 12.5. The first-order valence-electron chi connectivity index (χ1n) is 6.95. The van der Waals surface area contributed by atoms with Crippen LogP contribution in [0.5, 0.6) is 11.5 Å². The van der Waals surface area contributed by atoms with Gasteiger partial charge in [0.1, 0.15) is 6.10 Å². The summed E-state index contributed by atoms with van der Waals surface area (Å²) in [5.41, 5.74) is 0. The summed E-state index contributed by atoms with van der Waals surface area (Å²) in [5.74, 6) is -0.0351. The largest absolute Gasteiger partial charge is 0.482 e. The first kappa shape index (κ1) is 15.2. The van der Waals surface area contributed by atoms with E-state index in [-0.39, 0.29) is 18.9 Å². The first-order chi connectivity index (χ1) is 10.0. The van der Waals surface area contributed by atoms with Gasteiger partial charge in [0.25, 0.3) is 5.91 Å². The van der Waals surface area contributed by atoms with Crippen LogP contribution in [-0.4, -0.2) is 47.2 Å². The molecule has 6 nitrogen and oxygen atoms in total. The molecule has 114 valence electrons. The molecule has 0 bridgehead atoms. The summed E-state index contributed by atoms with van der Waals surface area (Å²) in [6.07, 6.45) is -1.27. The molecule has 0 saturated heterocycles. The molecule has 2 atom stereocenters. The second kappa shape index (κ2) is 6.47. The Morgan fingerprint density at radius 3 is 2.43 bits per heavy atom. The van der Waals surface area contributed by atoms with Crippen molar-refractivity contribution in [3.8, 4) is 11.5 Å². The van der Waals surface area contributed by atoms with Gasteiger partial charge in [-0.3, -0.25) is 9.59 Å². The lowest BCUT2D eigenvalue weighted by atomic mass is 10.1. The summed E-state index contributed by atoms with van der Waals surface area (Å²) in [7, 11) is 0. The Morgan fingerprint density at radius 1 is 1.24 bits per heavy atom. The third-order valence-electron chi connectivity index (χ3n) is 3.37. The zero-order chi connectivity index (χ0) is 15.4. The number of carbonyl (C=O) groups is 2. The van der Waals surface area contributed by atoms with Gasteiger partial charge in [0.15, 0.2) is 11.5 Å². The summed E-state index contributed by atoms with van der Waals surface area (Å²) in [4.78, 5) is 24.6. The van der Waals surface area contributed by atoms with Gasteiger partial charge in [0.05, 0.1) is 6.42 Å². The van der Waals surface area contributed by atoms with Crippen molar-refractivity contribution in [3.05, 3.63) is 24.3 Å². The van der Waals surface area contributed by atoms with Crippen LogP contribution in [0.15, 0.2) is 24.3 Å². The van der Waals surface area contributed by atoms with Crippen molar-refractivity contribution in [1.29, 1.82) is 0 Å². The fourth-order valence-electron chi connectivity index (χ4n) is 2.23. The average Bonchev–Trinajstić information content (AvgIpc) is 2.46. The van der Waals surface area contributed by atoms with Gasteiger partial charge in [-0.2, -0.15) is 0 Å². The number of carboxylic acids is 1. The van der Waals surface area contributed by atoms with E-state index in [0.29, 0.717) is 18.0 Å². The van der Waals surface area contributed by atoms with E-state index in [1.807, 2.05) is 19.1 Å². The lowest BCUT2D eigenvalue weighted by molar-refractivity contribution is -0.145. The number of rotatable bonds is 5. The molecule has 1 heterocycles. The van der Waals surface area contributed by atoms with Gasteiger partial charge in [-0.25, -0.2) is 0 Å². The number of aliphatic carboxylic acids is 1. The van der Waals surface area contributed by atoms with E-state index in [2.05, 4.69) is 0 Å². The summed E-state index contributed by atoms with van der Waals surface area (Å²) in [6, 6.07) is 7.17. The number of nitrogens with zero attached hydrogens (tertiary/aromatic N) is 1. The molecule has 0 aromatic heterocycles. The number of carboxylic acid groups (broad SMARTS) is 1. The summed E-state index contributed by atoms with van der Waals surface area (Å²) in [6.45, 7) is 4.17. The highest BCUT2D eigenvalue weighted by Gasteiger charge is 2.36. The van der Waals surface area contributed by atoms with Crippen LogP contribution in [0.4, 0.5) is 0 Å². The minimum atomic E-state index is -0.930. The topological polar surface area (TPSA) is 76.1 Å². The quantitative estimate of drug-likeness (QED) is 0.891. The standard InChI is InChI=1S/C15H19NO5/c1-3-16(9-8-13(17)18)15(19)14-10(2)20-11-6-4-5-7-12(11)21-14/h4-7,10,14H,3,8-9H2,1-2H3,(H,17,18). The smallest absolute Gasteiger partial charge is 0.305 e. The number of hydrogen-bond donors (Lipinski definition) is 1. The Bertz CT molecular complexity index is 531. The second-order valence-corrected chi connectivity index (χ2v) is 4.87. The maximum Gasteiger partial charge on any atom is 0.305 e. The number of amides is 1. The number of likely N-dealkylation sites (N-methyl/N-ethyl adjacent to an activating group) is 1. The van der Waals surface area contributed by atoms with E-state index in [1.54, 1.807) is 19.1 Å². The van der Waals surface area contributed by atoms with Gasteiger partial charge in [-0.15, -0.1) is 0 Å². The van der Waals surface area contributed by atoms with Crippen molar-refractivity contribution in [1.82, 2.24) is 4.90 Å². The molecule has 21 heavy (non-hydrogen) atoms. The van der Waals surface area contributed by atoms with E-state index in [4.69, 9.17) is 14.6 Å². The molecular formula is C15H19NO5. The Morgan fingerprint density at radius 2 is 1.86 bits per heavy atom. The molecule has 0 aliphatic carbocycles. The zero-order valence-electron chi connectivity index (χ0n) is 12.1. The number of carbonyl (C=O) groups excluding carboxylic acids is 1. The van der Waals surface area contributed by atoms with Crippen molar-refractivity contribution in [2.24, 2.45) is 0 Å². The van der Waals surface area contributed by atoms with Crippen LogP contribution in [0.3, 0.4) is 0 Å². The third kappa shape index (κ3) is 3.45. The van der Waals surface area contributed by atoms with Crippen LogP contribution in [0.25, 0.3) is 0 Å². The van der Waals surface area contributed by atoms with Gasteiger partial charge in [0, 0.05) is 13.1 Å². The Kier molecular flexibility index (Phi) is 4.67. The highest BCUT2D eigenvalue weighted by atomic mass is 16.6. The Labute approximate surface area is 123 Å². The van der Waals surface area contributed by atoms with Gasteiger partial charge >= 0.3 is 5.97 Å². The van der Waals surface area contributed by atoms with E-state index >= 15 is 0 Å². The van der Waals surface area contributed by atoms with Crippen molar-refractivity contribution in [2.45, 2.75) is 32.5 Å². The number of hydrogen-bond acceptors (Lipinski definition) is 4. The molecule has 1 aliphatic heterocycles. The van der Waals surface area contributed by atoms with Gasteiger partial charge < -0.3 is 19.5 Å². The van der Waals surface area contributed by atoms with Crippen molar-refractivity contribution >= 4 is 11.9 Å². The SMILES string of the molecule is CCN(CCC(=O)O)C(=O)C1Oc2ccccc2OC1C. The van der Waals surface area contributed by atoms with Crippen LogP contribution in [-0.2, 0) is 9.59 Å². The van der Waals surface area contributed by atoms with Crippen molar-refractivity contribution in [3.63, 3.8) is 0 Å². The summed E-state index contributed by atoms with van der Waals surface area (Å²) < 4.78 is 11.4. The highest BCUT2D eigenvalue weighted by molar-refractivity contribution is 5.83. The predicted octanol–water partition coefficient (Wildman–Crippen LogP) is 1.54. The van der Waals surface area contributed by atoms with Crippen molar-refractivity contribution in [2.75, 3.05) is 13.1 Å². The summed E-state index contributed by atoms with van der Waals surface area (Å²) in [5, 5.41) is 8.74. The fraction of sp³-hybridized carbons (Fsp3) is 0.467. The van der Waals surface area contributed by atoms with Gasteiger partial charge in [-0.1, -0.05) is 12.1 Å². The zero-order valence-corrected chi connectivity index (χ0v) is 12.1. The number of ether oxygens (including phenoxy) is 2. The average molecular weight is 293 g/mol. The van der Waals surface area contributed by atoms with Crippen molar-refractivity contribution < 1.29 is 24.2 Å². The predicted molar refractivity (Wildman–Crippen MR) is 75.5 cm³/mol. The molecule has 1 aromatic carbocycles. The van der Waals surface area contributed by atoms with Crippen LogP contribution in [0.2, 0.25) is 0 Å². The second-order valence-electron chi connectivity index (χ2n) is 4.87. The van der Waals surface area contributed by atoms with Crippen LogP contribution < -0.4 is 9.47 Å². The minimum absolute atomic E-state index is 0.0852. The van der Waals surface area contributed by atoms with Gasteiger partial charge in [0.2, 0.25) is 6.10 Å². The molecule has 2 unspecified atom stereocenters. The molecule has 6 heteroatoms. The molecule has 1 aliphatic rings. The Hall–Kier alpha value is -2.24. The molecule has 0 saturated carbocycles. The Balaban J connectivity index is 2.09. The summed E-state index contributed by atoms with van der Waals surface area (Å²) >= 11 is 0. The number of benzene rings is 1. The molecular weight excluding hydrogens is 274 g/mol. The molecule has 1 aromatic rings. The molecule has 0 fully saturated rings. The number of para-hydroxylation sites is 2. The highest BCUT2D eigenvalue weighted by Crippen LogP contribution is 2.33. The van der Waals surface area contributed by atoms with Crippen LogP contribution in [0, 0.1) is 0 Å². The fourth-order valence-corrected chi connectivity index (χ4v) is 2.23. The lowest BCUT2D eigenvalue weighted by Crippen LogP contribution is -2.51. The first-order valence-corrected chi connectivity index (χ1v) is 6.95. The maximum atomic E-state index is 12.5. The lowest BCUT2D eigenvalue weighted by Gasteiger charge is -2.34. The molecule has 1 N–H and O–H groups in total. The normalized spacial score (nSPS) is 19.9. The monoisotopic (exact) mass is 293 g/mol. The van der Waals surface area contributed by atoms with Crippen LogP contribution >= 0.6 is 0 Å². The van der Waals surface area contributed by atoms with E-state index in [1.165, 1.54) is 4.90 Å². The van der Waals surface area contributed by atoms with Crippen LogP contribution in [0.1, 0.15) is 20.3 Å². The van der Waals surface area contributed by atoms with E-state index < -0.39 is 18.2 Å². The van der Waals surface area contributed by atoms with E-state index in [9.17, 15) is 9.59 Å². The molecule has 0 radical (unpaired) electrons. The molecule has 0 spiro atoms. The molecule has 1 amide bonds. The molecule has 2 rings (SSSR count). The number of fused-ring (bicyclic) bond motifs is 1. The third-order valence-corrected chi connectivity index (χ3v) is 3.37. The van der Waals surface area contributed by atoms with Gasteiger partial charge in [-0.05, 0) is 26.0 Å². The minimum Gasteiger partial charge on any atom is -0.482 e. The van der Waals surface area contributed by atoms with E-state index in [0.717, 1.165) is 0 Å².